The molecule has 0 atom stereocenters. The van der Waals surface area contributed by atoms with E-state index in [0.717, 1.165) is 35.3 Å². The molecule has 0 radical (unpaired) electrons. The number of benzene rings is 2. The zero-order valence-corrected chi connectivity index (χ0v) is 21.1. The number of thiophene rings is 1. The summed E-state index contributed by atoms with van der Waals surface area (Å²) < 4.78 is 10.7. The van der Waals surface area contributed by atoms with Crippen molar-refractivity contribution in [3.05, 3.63) is 81.2 Å². The highest BCUT2D eigenvalue weighted by molar-refractivity contribution is 7.17. The number of para-hydroxylation sites is 1. The average molecular weight is 520 g/mol. The summed E-state index contributed by atoms with van der Waals surface area (Å²) in [7, 11) is 0. The summed E-state index contributed by atoms with van der Waals surface area (Å²) in [4.78, 5) is 50.9. The number of amides is 2. The number of nitrogens with one attached hydrogen (secondary N) is 2. The fourth-order valence-electron chi connectivity index (χ4n) is 3.92. The van der Waals surface area contributed by atoms with Gasteiger partial charge < -0.3 is 14.8 Å². The molecular formula is C27H25N3O6S. The Morgan fingerprint density at radius 3 is 2.54 bits per heavy atom. The smallest absolute Gasteiger partial charge is 0.343 e. The van der Waals surface area contributed by atoms with Crippen LogP contribution in [0.2, 0.25) is 0 Å². The third kappa shape index (κ3) is 5.92. The maximum Gasteiger partial charge on any atom is 0.343 e. The summed E-state index contributed by atoms with van der Waals surface area (Å²) in [5.41, 5.74) is 4.97. The molecular weight excluding hydrogens is 494 g/mol. The molecule has 1 aliphatic rings. The highest BCUT2D eigenvalue weighted by Crippen LogP contribution is 2.39. The third-order valence-electron chi connectivity index (χ3n) is 5.69. The molecule has 0 fully saturated rings. The number of carbonyl (C=O) groups excluding carboxylic acids is 4. The minimum absolute atomic E-state index is 0.202. The van der Waals surface area contributed by atoms with Crippen LogP contribution in [0.15, 0.2) is 53.6 Å². The van der Waals surface area contributed by atoms with Gasteiger partial charge in [0, 0.05) is 10.4 Å². The van der Waals surface area contributed by atoms with Crippen LogP contribution in [0, 0.1) is 6.92 Å². The average Bonchev–Trinajstić information content (AvgIpc) is 3.46. The van der Waals surface area contributed by atoms with Crippen LogP contribution in [0.5, 0.6) is 5.75 Å². The maximum atomic E-state index is 12.6. The molecule has 190 valence electrons. The number of nitrogens with zero attached hydrogens (tertiary/aromatic N) is 1. The Balaban J connectivity index is 1.41. The molecule has 1 aromatic heterocycles. The van der Waals surface area contributed by atoms with Gasteiger partial charge in [0.2, 0.25) is 0 Å². The molecule has 4 rings (SSSR count). The number of fused-ring (bicyclic) bond motifs is 1. The monoisotopic (exact) mass is 519 g/mol. The Labute approximate surface area is 217 Å². The molecule has 0 saturated carbocycles. The van der Waals surface area contributed by atoms with Crippen molar-refractivity contribution in [3.63, 3.8) is 0 Å². The van der Waals surface area contributed by atoms with E-state index < -0.39 is 23.8 Å². The van der Waals surface area contributed by atoms with E-state index in [1.807, 2.05) is 19.1 Å². The zero-order valence-electron chi connectivity index (χ0n) is 20.3. The predicted octanol–water partition coefficient (Wildman–Crippen LogP) is 4.03. The first kappa shape index (κ1) is 25.8. The molecule has 1 heterocycles. The number of hydrogen-bond donors (Lipinski definition) is 2. The van der Waals surface area contributed by atoms with E-state index in [0.29, 0.717) is 21.7 Å². The number of hydrogen-bond acceptors (Lipinski definition) is 8. The second-order valence-corrected chi connectivity index (χ2v) is 9.28. The minimum atomic E-state index is -1.02. The van der Waals surface area contributed by atoms with Crippen LogP contribution in [0.25, 0.3) is 0 Å². The van der Waals surface area contributed by atoms with E-state index in [9.17, 15) is 19.2 Å². The van der Waals surface area contributed by atoms with Crippen LogP contribution in [-0.2, 0) is 27.2 Å². The second kappa shape index (κ2) is 11.6. The molecule has 9 nitrogen and oxygen atoms in total. The lowest BCUT2D eigenvalue weighted by atomic mass is 10.1. The van der Waals surface area contributed by atoms with Crippen LogP contribution < -0.4 is 15.5 Å². The van der Waals surface area contributed by atoms with E-state index in [4.69, 9.17) is 9.47 Å². The van der Waals surface area contributed by atoms with E-state index >= 15 is 0 Å². The lowest BCUT2D eigenvalue weighted by Crippen LogP contribution is -2.32. The van der Waals surface area contributed by atoms with Crippen LogP contribution in [0.4, 0.5) is 5.00 Å². The first-order valence-electron chi connectivity index (χ1n) is 11.7. The largest absolute Gasteiger partial charge is 0.462 e. The summed E-state index contributed by atoms with van der Waals surface area (Å²) in [6.45, 7) is 3.72. The van der Waals surface area contributed by atoms with Gasteiger partial charge in [0.05, 0.1) is 23.9 Å². The van der Waals surface area contributed by atoms with Crippen molar-refractivity contribution in [2.75, 3.05) is 11.9 Å². The fourth-order valence-corrected chi connectivity index (χ4v) is 5.19. The Kier molecular flexibility index (Phi) is 8.09. The van der Waals surface area contributed by atoms with Crippen LogP contribution in [-0.4, -0.2) is 36.6 Å². The minimum Gasteiger partial charge on any atom is -0.462 e. The number of aryl methyl sites for hydroxylation is 2. The summed E-state index contributed by atoms with van der Waals surface area (Å²) in [5, 5.41) is 6.64. The SMILES string of the molecule is CCOC(=O)c1c(NC(=O)C(=O)N/N=C/c2ccccc2OC(=O)c2ccccc2C)sc2c1CCC2. The summed E-state index contributed by atoms with van der Waals surface area (Å²) in [6.07, 6.45) is 3.74. The molecule has 0 bridgehead atoms. The van der Waals surface area contributed by atoms with Crippen molar-refractivity contribution in [2.45, 2.75) is 33.1 Å². The number of anilines is 1. The lowest BCUT2D eigenvalue weighted by Gasteiger charge is -2.09. The highest BCUT2D eigenvalue weighted by Gasteiger charge is 2.29. The van der Waals surface area contributed by atoms with Gasteiger partial charge in [-0.25, -0.2) is 15.0 Å². The number of carbonyl (C=O) groups is 4. The number of esters is 2. The van der Waals surface area contributed by atoms with Crippen molar-refractivity contribution < 1.29 is 28.7 Å². The van der Waals surface area contributed by atoms with Gasteiger partial charge in [0.1, 0.15) is 10.8 Å². The summed E-state index contributed by atoms with van der Waals surface area (Å²) in [5.74, 6) is -2.80. The first-order valence-corrected chi connectivity index (χ1v) is 12.5. The Hall–Kier alpha value is -4.31. The van der Waals surface area contributed by atoms with Crippen molar-refractivity contribution in [1.82, 2.24) is 5.43 Å². The van der Waals surface area contributed by atoms with Gasteiger partial charge in [-0.1, -0.05) is 30.3 Å². The van der Waals surface area contributed by atoms with Gasteiger partial charge in [-0.05, 0) is 62.4 Å². The molecule has 0 spiro atoms. The molecule has 0 unspecified atom stereocenters. The van der Waals surface area contributed by atoms with E-state index in [1.165, 1.54) is 17.6 Å². The number of ether oxygens (including phenoxy) is 2. The van der Waals surface area contributed by atoms with Gasteiger partial charge >= 0.3 is 23.8 Å². The molecule has 0 aliphatic heterocycles. The predicted molar refractivity (Wildman–Crippen MR) is 139 cm³/mol. The number of hydrazone groups is 1. The standard InChI is InChI=1S/C27H25N3O6S/c1-3-35-27(34)22-19-12-8-14-21(19)37-25(22)29-23(31)24(32)30-28-15-17-10-5-7-13-20(17)36-26(33)18-11-6-4-9-16(18)2/h4-7,9-11,13,15H,3,8,12,14H2,1-2H3,(H,29,31)(H,30,32)/b28-15+. The molecule has 1 aliphatic carbocycles. The Morgan fingerprint density at radius 1 is 1.00 bits per heavy atom. The molecule has 2 amide bonds. The molecule has 37 heavy (non-hydrogen) atoms. The highest BCUT2D eigenvalue weighted by atomic mass is 32.1. The van der Waals surface area contributed by atoms with Gasteiger partial charge in [-0.3, -0.25) is 9.59 Å². The normalized spacial score (nSPS) is 12.2. The van der Waals surface area contributed by atoms with Gasteiger partial charge in [0.25, 0.3) is 0 Å². The quantitative estimate of drug-likeness (QED) is 0.160. The van der Waals surface area contributed by atoms with Gasteiger partial charge in [-0.2, -0.15) is 5.10 Å². The Bertz CT molecular complexity index is 1390. The van der Waals surface area contributed by atoms with Gasteiger partial charge in [0.15, 0.2) is 0 Å². The van der Waals surface area contributed by atoms with Crippen molar-refractivity contribution >= 4 is 46.3 Å². The Morgan fingerprint density at radius 2 is 1.76 bits per heavy atom. The van der Waals surface area contributed by atoms with Crippen LogP contribution in [0.3, 0.4) is 0 Å². The van der Waals surface area contributed by atoms with E-state index in [2.05, 4.69) is 15.8 Å². The molecule has 10 heteroatoms. The van der Waals surface area contributed by atoms with Crippen molar-refractivity contribution in [2.24, 2.45) is 5.10 Å². The number of rotatable bonds is 7. The zero-order chi connectivity index (χ0) is 26.4. The maximum absolute atomic E-state index is 12.6. The van der Waals surface area contributed by atoms with Crippen molar-refractivity contribution in [1.29, 1.82) is 0 Å². The van der Waals surface area contributed by atoms with Crippen molar-refractivity contribution in [3.8, 4) is 5.75 Å². The van der Waals surface area contributed by atoms with E-state index in [-0.39, 0.29) is 12.4 Å². The first-order chi connectivity index (χ1) is 17.9. The van der Waals surface area contributed by atoms with E-state index in [1.54, 1.807) is 43.3 Å². The summed E-state index contributed by atoms with van der Waals surface area (Å²) in [6, 6.07) is 13.7. The third-order valence-corrected chi connectivity index (χ3v) is 6.90. The molecule has 2 aromatic carbocycles. The molecule has 2 N–H and O–H groups in total. The summed E-state index contributed by atoms with van der Waals surface area (Å²) >= 11 is 1.28. The van der Waals surface area contributed by atoms with Crippen LogP contribution >= 0.6 is 11.3 Å². The topological polar surface area (TPSA) is 123 Å². The fraction of sp³-hybridized carbons (Fsp3) is 0.222. The van der Waals surface area contributed by atoms with Crippen LogP contribution in [0.1, 0.15) is 55.6 Å². The molecule has 3 aromatic rings. The van der Waals surface area contributed by atoms with Gasteiger partial charge in [-0.15, -0.1) is 11.3 Å². The molecule has 0 saturated heterocycles. The lowest BCUT2D eigenvalue weighted by molar-refractivity contribution is -0.136. The second-order valence-electron chi connectivity index (χ2n) is 8.18.